The minimum Gasteiger partial charge on any atom is -0.368 e. The van der Waals surface area contributed by atoms with Crippen LogP contribution in [0.4, 0.5) is 26.2 Å². The van der Waals surface area contributed by atoms with Crippen molar-refractivity contribution >= 4 is 28.6 Å². The Balaban J connectivity index is 1.57. The van der Waals surface area contributed by atoms with Gasteiger partial charge in [-0.05, 0) is 12.1 Å². The standard InChI is InChI=1S/C15H15F2N7/c16-9-1-2-10(17)11(7-9)23-3-5-24(6-4-23)14-12-13(20-8-19-12)21-15(18)22-14/h1-2,7-8H,3-6H2,(H3,18,19,20,21,22). The van der Waals surface area contributed by atoms with Gasteiger partial charge in [0.05, 0.1) is 12.0 Å². The second kappa shape index (κ2) is 5.59. The van der Waals surface area contributed by atoms with E-state index in [-0.39, 0.29) is 11.6 Å². The molecule has 9 heteroatoms. The van der Waals surface area contributed by atoms with E-state index in [1.54, 1.807) is 6.33 Å². The maximum Gasteiger partial charge on any atom is 0.224 e. The number of anilines is 3. The predicted molar refractivity (Wildman–Crippen MR) is 86.9 cm³/mol. The lowest BCUT2D eigenvalue weighted by atomic mass is 10.2. The Morgan fingerprint density at radius 3 is 2.58 bits per heavy atom. The number of nitrogens with zero attached hydrogens (tertiary/aromatic N) is 5. The number of rotatable bonds is 2. The number of benzene rings is 1. The highest BCUT2D eigenvalue weighted by Gasteiger charge is 2.23. The average Bonchev–Trinajstić information content (AvgIpc) is 3.05. The van der Waals surface area contributed by atoms with Crippen LogP contribution in [0.5, 0.6) is 0 Å². The second-order valence-electron chi connectivity index (χ2n) is 5.58. The SMILES string of the molecule is Nc1nc(N2CCN(c3cc(F)ccc3F)CC2)c2[nH]cnc2n1. The zero-order valence-corrected chi connectivity index (χ0v) is 12.7. The normalized spacial score (nSPS) is 15.2. The Labute approximate surface area is 136 Å². The van der Waals surface area contributed by atoms with Crippen LogP contribution in [0.25, 0.3) is 11.2 Å². The molecular weight excluding hydrogens is 316 g/mol. The molecule has 1 saturated heterocycles. The summed E-state index contributed by atoms with van der Waals surface area (Å²) in [5, 5.41) is 0. The molecule has 0 spiro atoms. The molecule has 1 fully saturated rings. The summed E-state index contributed by atoms with van der Waals surface area (Å²) < 4.78 is 27.3. The molecule has 0 bridgehead atoms. The summed E-state index contributed by atoms with van der Waals surface area (Å²) in [7, 11) is 0. The van der Waals surface area contributed by atoms with Gasteiger partial charge in [-0.1, -0.05) is 0 Å². The Bertz CT molecular complexity index is 887. The smallest absolute Gasteiger partial charge is 0.224 e. The summed E-state index contributed by atoms with van der Waals surface area (Å²) >= 11 is 0. The van der Waals surface area contributed by atoms with E-state index >= 15 is 0 Å². The van der Waals surface area contributed by atoms with Gasteiger partial charge in [0.25, 0.3) is 0 Å². The molecule has 1 aliphatic heterocycles. The van der Waals surface area contributed by atoms with Gasteiger partial charge in [0, 0.05) is 32.2 Å². The van der Waals surface area contributed by atoms with Crippen molar-refractivity contribution in [1.82, 2.24) is 19.9 Å². The number of nitrogens with one attached hydrogen (secondary N) is 1. The molecule has 3 heterocycles. The molecule has 7 nitrogen and oxygen atoms in total. The van der Waals surface area contributed by atoms with Crippen LogP contribution in [0.15, 0.2) is 24.5 Å². The summed E-state index contributed by atoms with van der Waals surface area (Å²) in [5.74, 6) is -0.0405. The van der Waals surface area contributed by atoms with Crippen molar-refractivity contribution in [2.45, 2.75) is 0 Å². The van der Waals surface area contributed by atoms with Crippen molar-refractivity contribution in [3.63, 3.8) is 0 Å². The summed E-state index contributed by atoms with van der Waals surface area (Å²) in [6.45, 7) is 2.28. The van der Waals surface area contributed by atoms with Crippen LogP contribution in [0, 0.1) is 11.6 Å². The Morgan fingerprint density at radius 1 is 1.04 bits per heavy atom. The van der Waals surface area contributed by atoms with Gasteiger partial charge in [0.15, 0.2) is 11.5 Å². The molecule has 0 unspecified atom stereocenters. The van der Waals surface area contributed by atoms with Gasteiger partial charge < -0.3 is 20.5 Å². The van der Waals surface area contributed by atoms with Gasteiger partial charge in [0.2, 0.25) is 5.95 Å². The number of halogens is 2. The fourth-order valence-electron chi connectivity index (χ4n) is 2.95. The van der Waals surface area contributed by atoms with Crippen molar-refractivity contribution < 1.29 is 8.78 Å². The van der Waals surface area contributed by atoms with Crippen LogP contribution in [0.1, 0.15) is 0 Å². The van der Waals surface area contributed by atoms with E-state index in [0.717, 1.165) is 17.6 Å². The molecule has 0 atom stereocenters. The Morgan fingerprint density at radius 2 is 1.79 bits per heavy atom. The lowest BCUT2D eigenvalue weighted by Crippen LogP contribution is -2.47. The molecule has 24 heavy (non-hydrogen) atoms. The highest BCUT2D eigenvalue weighted by molar-refractivity contribution is 5.84. The van der Waals surface area contributed by atoms with Crippen molar-refractivity contribution in [3.8, 4) is 0 Å². The number of nitrogen functional groups attached to an aromatic ring is 1. The highest BCUT2D eigenvalue weighted by Crippen LogP contribution is 2.26. The van der Waals surface area contributed by atoms with Gasteiger partial charge in [-0.2, -0.15) is 9.97 Å². The van der Waals surface area contributed by atoms with Crippen LogP contribution in [-0.4, -0.2) is 46.1 Å². The van der Waals surface area contributed by atoms with Crippen LogP contribution < -0.4 is 15.5 Å². The first kappa shape index (κ1) is 14.6. The van der Waals surface area contributed by atoms with E-state index in [4.69, 9.17) is 5.73 Å². The molecule has 1 aliphatic rings. The van der Waals surface area contributed by atoms with Crippen molar-refractivity contribution in [1.29, 1.82) is 0 Å². The molecular formula is C15H15F2N7. The molecule has 124 valence electrons. The maximum atomic E-state index is 13.9. The third kappa shape index (κ3) is 2.47. The number of H-pyrrole nitrogens is 1. The molecule has 0 aliphatic carbocycles. The summed E-state index contributed by atoms with van der Waals surface area (Å²) in [6.07, 6.45) is 1.54. The fraction of sp³-hybridized carbons (Fsp3) is 0.267. The number of imidazole rings is 1. The third-order valence-electron chi connectivity index (χ3n) is 4.11. The number of fused-ring (bicyclic) bond motifs is 1. The van der Waals surface area contributed by atoms with Gasteiger partial charge >= 0.3 is 0 Å². The first-order valence-corrected chi connectivity index (χ1v) is 7.53. The van der Waals surface area contributed by atoms with Gasteiger partial charge in [0.1, 0.15) is 17.2 Å². The van der Waals surface area contributed by atoms with Crippen LogP contribution in [0.2, 0.25) is 0 Å². The zero-order valence-electron chi connectivity index (χ0n) is 12.7. The van der Waals surface area contributed by atoms with Gasteiger partial charge in [-0.25, -0.2) is 13.8 Å². The molecule has 0 amide bonds. The number of piperazine rings is 1. The molecule has 3 N–H and O–H groups in total. The Hall–Kier alpha value is -2.97. The molecule has 2 aromatic heterocycles. The topological polar surface area (TPSA) is 87.0 Å². The molecule has 0 saturated carbocycles. The number of aromatic nitrogens is 4. The number of aromatic amines is 1. The van der Waals surface area contributed by atoms with E-state index in [0.29, 0.717) is 37.6 Å². The average molecular weight is 331 g/mol. The van der Waals surface area contributed by atoms with E-state index in [1.807, 2.05) is 9.80 Å². The van der Waals surface area contributed by atoms with E-state index in [9.17, 15) is 8.78 Å². The minimum absolute atomic E-state index is 0.156. The summed E-state index contributed by atoms with van der Waals surface area (Å²) in [6, 6.07) is 3.49. The van der Waals surface area contributed by atoms with E-state index < -0.39 is 11.6 Å². The fourth-order valence-corrected chi connectivity index (χ4v) is 2.95. The monoisotopic (exact) mass is 331 g/mol. The molecule has 0 radical (unpaired) electrons. The van der Waals surface area contributed by atoms with Crippen molar-refractivity contribution in [2.75, 3.05) is 41.7 Å². The van der Waals surface area contributed by atoms with Gasteiger partial charge in [-0.3, -0.25) is 0 Å². The van der Waals surface area contributed by atoms with Crippen LogP contribution >= 0.6 is 0 Å². The first-order chi connectivity index (χ1) is 11.6. The van der Waals surface area contributed by atoms with Crippen LogP contribution in [0.3, 0.4) is 0 Å². The summed E-state index contributed by atoms with van der Waals surface area (Å²) in [5.41, 5.74) is 7.25. The molecule has 3 aromatic rings. The second-order valence-corrected chi connectivity index (χ2v) is 5.58. The van der Waals surface area contributed by atoms with E-state index in [1.165, 1.54) is 6.07 Å². The van der Waals surface area contributed by atoms with Gasteiger partial charge in [-0.15, -0.1) is 0 Å². The van der Waals surface area contributed by atoms with E-state index in [2.05, 4.69) is 19.9 Å². The Kier molecular flexibility index (Phi) is 3.40. The summed E-state index contributed by atoms with van der Waals surface area (Å²) in [4.78, 5) is 19.3. The zero-order chi connectivity index (χ0) is 16.7. The number of hydrogen-bond acceptors (Lipinski definition) is 6. The van der Waals surface area contributed by atoms with Crippen molar-refractivity contribution in [3.05, 3.63) is 36.2 Å². The molecule has 1 aromatic carbocycles. The lowest BCUT2D eigenvalue weighted by molar-refractivity contribution is 0.580. The minimum atomic E-state index is -0.448. The number of hydrogen-bond donors (Lipinski definition) is 2. The van der Waals surface area contributed by atoms with Crippen molar-refractivity contribution in [2.24, 2.45) is 0 Å². The first-order valence-electron chi connectivity index (χ1n) is 7.53. The third-order valence-corrected chi connectivity index (χ3v) is 4.11. The highest BCUT2D eigenvalue weighted by atomic mass is 19.1. The number of nitrogens with two attached hydrogens (primary N) is 1. The molecule has 4 rings (SSSR count). The largest absolute Gasteiger partial charge is 0.368 e. The lowest BCUT2D eigenvalue weighted by Gasteiger charge is -2.36. The predicted octanol–water partition coefficient (Wildman–Crippen LogP) is 1.54. The van der Waals surface area contributed by atoms with Crippen LogP contribution in [-0.2, 0) is 0 Å². The maximum absolute atomic E-state index is 13.9. The quantitative estimate of drug-likeness (QED) is 0.741.